The molecule has 0 spiro atoms. The standard InChI is InChI=1S/C37H41N3O6/c1-25-34(23-40-20-19-31(42)22-40)45-36(46-35(25)28-11-9-27(24-41)10-12-28)29-13-7-26(8-14-29)21-38-37(43)39-30-15-17-33(18-16-30)44-32-5-3-2-4-6-32/h2-18,25,31,34-36,41-42H,19-24H2,1H3,(H2,38,39,43)/t25-,31+,34+,35+,36+/m1/s1. The normalized spacial score (nSPS) is 23.2. The Hall–Kier alpha value is -4.25. The molecule has 2 heterocycles. The number of ether oxygens (including phenoxy) is 3. The Morgan fingerprint density at radius 3 is 2.22 bits per heavy atom. The molecule has 2 amide bonds. The first-order valence-corrected chi connectivity index (χ1v) is 15.8. The predicted molar refractivity (Wildman–Crippen MR) is 175 cm³/mol. The van der Waals surface area contributed by atoms with Gasteiger partial charge in [-0.05, 0) is 59.5 Å². The van der Waals surface area contributed by atoms with Crippen molar-refractivity contribution < 1.29 is 29.2 Å². The number of hydrogen-bond donors (Lipinski definition) is 4. The molecule has 0 unspecified atom stereocenters. The van der Waals surface area contributed by atoms with Crippen molar-refractivity contribution in [3.05, 3.63) is 125 Å². The number of urea groups is 1. The summed E-state index contributed by atoms with van der Waals surface area (Å²) in [5, 5.41) is 25.3. The van der Waals surface area contributed by atoms with Gasteiger partial charge in [0, 0.05) is 43.3 Å². The minimum Gasteiger partial charge on any atom is -0.457 e. The zero-order valence-electron chi connectivity index (χ0n) is 25.9. The number of carbonyl (C=O) groups excluding carboxylic acids is 1. The molecule has 4 aromatic carbocycles. The van der Waals surface area contributed by atoms with Crippen LogP contribution in [-0.2, 0) is 22.6 Å². The number of amides is 2. The first-order chi connectivity index (χ1) is 22.4. The number of rotatable bonds is 10. The van der Waals surface area contributed by atoms with Gasteiger partial charge in [0.15, 0.2) is 6.29 Å². The summed E-state index contributed by atoms with van der Waals surface area (Å²) in [5.74, 6) is 1.51. The summed E-state index contributed by atoms with van der Waals surface area (Å²) in [6.07, 6.45) is -0.397. The van der Waals surface area contributed by atoms with Gasteiger partial charge in [-0.3, -0.25) is 4.90 Å². The second-order valence-electron chi connectivity index (χ2n) is 12.0. The molecule has 0 aliphatic carbocycles. The van der Waals surface area contributed by atoms with Crippen LogP contribution in [0.3, 0.4) is 0 Å². The van der Waals surface area contributed by atoms with E-state index in [2.05, 4.69) is 22.5 Å². The number of β-amino-alcohol motifs (C(OH)–C–C–N with tert-alkyl or cyclic N) is 1. The summed E-state index contributed by atoms with van der Waals surface area (Å²) in [6, 6.07) is 32.2. The van der Waals surface area contributed by atoms with E-state index in [4.69, 9.17) is 14.2 Å². The summed E-state index contributed by atoms with van der Waals surface area (Å²) in [5.41, 5.74) is 4.38. The molecule has 2 fully saturated rings. The van der Waals surface area contributed by atoms with Gasteiger partial charge < -0.3 is 35.1 Å². The molecular formula is C37H41N3O6. The monoisotopic (exact) mass is 623 g/mol. The number of hydrogen-bond acceptors (Lipinski definition) is 7. The van der Waals surface area contributed by atoms with Gasteiger partial charge in [-0.15, -0.1) is 0 Å². The molecular weight excluding hydrogens is 582 g/mol. The number of aliphatic hydroxyl groups excluding tert-OH is 2. The zero-order chi connectivity index (χ0) is 31.9. The lowest BCUT2D eigenvalue weighted by Crippen LogP contribution is -2.44. The van der Waals surface area contributed by atoms with E-state index in [1.165, 1.54) is 0 Å². The molecule has 0 saturated carbocycles. The maximum Gasteiger partial charge on any atom is 0.319 e. The van der Waals surface area contributed by atoms with Crippen LogP contribution in [0.15, 0.2) is 103 Å². The fourth-order valence-corrected chi connectivity index (χ4v) is 5.94. The third-order valence-electron chi connectivity index (χ3n) is 8.61. The fourth-order valence-electron chi connectivity index (χ4n) is 5.94. The Bertz CT molecular complexity index is 1550. The maximum atomic E-state index is 12.6. The lowest BCUT2D eigenvalue weighted by atomic mass is 9.90. The van der Waals surface area contributed by atoms with Crippen LogP contribution in [0, 0.1) is 5.92 Å². The fraction of sp³-hybridized carbons (Fsp3) is 0.324. The molecule has 5 atom stereocenters. The average Bonchev–Trinajstić information content (AvgIpc) is 3.50. The molecule has 9 nitrogen and oxygen atoms in total. The van der Waals surface area contributed by atoms with Crippen molar-refractivity contribution in [2.45, 2.75) is 51.1 Å². The summed E-state index contributed by atoms with van der Waals surface area (Å²) in [6.45, 7) is 4.70. The average molecular weight is 624 g/mol. The van der Waals surface area contributed by atoms with E-state index < -0.39 is 6.29 Å². The van der Waals surface area contributed by atoms with Crippen molar-refractivity contribution in [3.8, 4) is 11.5 Å². The minimum atomic E-state index is -0.574. The van der Waals surface area contributed by atoms with Gasteiger partial charge in [0.05, 0.1) is 24.9 Å². The van der Waals surface area contributed by atoms with Gasteiger partial charge >= 0.3 is 6.03 Å². The third-order valence-corrected chi connectivity index (χ3v) is 8.61. The van der Waals surface area contributed by atoms with E-state index in [9.17, 15) is 15.0 Å². The zero-order valence-corrected chi connectivity index (χ0v) is 25.9. The second-order valence-corrected chi connectivity index (χ2v) is 12.0. The minimum absolute atomic E-state index is 0.00636. The van der Waals surface area contributed by atoms with Gasteiger partial charge in [-0.2, -0.15) is 0 Å². The van der Waals surface area contributed by atoms with Crippen molar-refractivity contribution in [2.24, 2.45) is 5.92 Å². The highest BCUT2D eigenvalue weighted by Crippen LogP contribution is 2.42. The van der Waals surface area contributed by atoms with Crippen LogP contribution >= 0.6 is 0 Å². The van der Waals surface area contributed by atoms with Crippen LogP contribution in [0.25, 0.3) is 0 Å². The SMILES string of the molecule is C[C@@H]1[C@H](CN2CC[C@H](O)C2)O[C@H](c2ccc(CNC(=O)Nc3ccc(Oc4ccccc4)cc3)cc2)O[C@@H]1c1ccc(CO)cc1. The van der Waals surface area contributed by atoms with Crippen molar-refractivity contribution in [1.82, 2.24) is 10.2 Å². The van der Waals surface area contributed by atoms with Crippen molar-refractivity contribution >= 4 is 11.7 Å². The smallest absolute Gasteiger partial charge is 0.319 e. The summed E-state index contributed by atoms with van der Waals surface area (Å²) < 4.78 is 18.9. The van der Waals surface area contributed by atoms with E-state index in [0.29, 0.717) is 31.1 Å². The molecule has 2 aliphatic rings. The topological polar surface area (TPSA) is 113 Å². The Kier molecular flexibility index (Phi) is 10.3. The van der Waals surface area contributed by atoms with Crippen molar-refractivity contribution in [2.75, 3.05) is 25.0 Å². The number of nitrogens with one attached hydrogen (secondary N) is 2. The van der Waals surface area contributed by atoms with Gasteiger partial charge in [0.2, 0.25) is 0 Å². The first-order valence-electron chi connectivity index (χ1n) is 15.8. The lowest BCUT2D eigenvalue weighted by molar-refractivity contribution is -0.276. The first kappa shape index (κ1) is 31.7. The predicted octanol–water partition coefficient (Wildman–Crippen LogP) is 6.15. The van der Waals surface area contributed by atoms with Crippen LogP contribution in [0.4, 0.5) is 10.5 Å². The second kappa shape index (κ2) is 14.9. The van der Waals surface area contributed by atoms with Crippen LogP contribution in [0.1, 0.15) is 48.0 Å². The number of anilines is 1. The van der Waals surface area contributed by atoms with E-state index in [1.807, 2.05) is 91.0 Å². The molecule has 2 aliphatic heterocycles. The summed E-state index contributed by atoms with van der Waals surface area (Å²) >= 11 is 0. The van der Waals surface area contributed by atoms with Gasteiger partial charge in [-0.1, -0.05) is 73.7 Å². The quantitative estimate of drug-likeness (QED) is 0.168. The molecule has 0 aromatic heterocycles. The number of aliphatic hydroxyl groups is 2. The number of nitrogens with zero attached hydrogens (tertiary/aromatic N) is 1. The molecule has 6 rings (SSSR count). The highest BCUT2D eigenvalue weighted by Gasteiger charge is 2.39. The number of likely N-dealkylation sites (tertiary alicyclic amines) is 1. The van der Waals surface area contributed by atoms with Crippen molar-refractivity contribution in [1.29, 1.82) is 0 Å². The molecule has 2 saturated heterocycles. The Balaban J connectivity index is 1.06. The number of para-hydroxylation sites is 1. The lowest BCUT2D eigenvalue weighted by Gasteiger charge is -2.42. The molecule has 240 valence electrons. The molecule has 0 bridgehead atoms. The Labute approximate surface area is 269 Å². The molecule has 46 heavy (non-hydrogen) atoms. The van der Waals surface area contributed by atoms with E-state index in [1.54, 1.807) is 12.1 Å². The highest BCUT2D eigenvalue weighted by molar-refractivity contribution is 5.89. The van der Waals surface area contributed by atoms with Crippen molar-refractivity contribution in [3.63, 3.8) is 0 Å². The maximum absolute atomic E-state index is 12.6. The molecule has 0 radical (unpaired) electrons. The van der Waals surface area contributed by atoms with Crippen LogP contribution in [-0.4, -0.2) is 53.0 Å². The highest BCUT2D eigenvalue weighted by atomic mass is 16.7. The van der Waals surface area contributed by atoms with Crippen LogP contribution in [0.2, 0.25) is 0 Å². The molecule has 4 N–H and O–H groups in total. The number of benzene rings is 4. The molecule has 4 aromatic rings. The Morgan fingerprint density at radius 1 is 0.870 bits per heavy atom. The summed E-state index contributed by atoms with van der Waals surface area (Å²) in [4.78, 5) is 14.8. The van der Waals surface area contributed by atoms with Gasteiger partial charge in [0.1, 0.15) is 11.5 Å². The molecule has 9 heteroatoms. The third kappa shape index (κ3) is 8.12. The Morgan fingerprint density at radius 2 is 1.54 bits per heavy atom. The largest absolute Gasteiger partial charge is 0.457 e. The summed E-state index contributed by atoms with van der Waals surface area (Å²) in [7, 11) is 0. The van der Waals surface area contributed by atoms with E-state index in [-0.39, 0.29) is 36.9 Å². The van der Waals surface area contributed by atoms with E-state index >= 15 is 0 Å². The van der Waals surface area contributed by atoms with E-state index in [0.717, 1.165) is 41.0 Å². The van der Waals surface area contributed by atoms with Crippen LogP contribution in [0.5, 0.6) is 11.5 Å². The van der Waals surface area contributed by atoms with Crippen LogP contribution < -0.4 is 15.4 Å². The van der Waals surface area contributed by atoms with Gasteiger partial charge in [0.25, 0.3) is 0 Å². The number of carbonyl (C=O) groups is 1. The van der Waals surface area contributed by atoms with Gasteiger partial charge in [-0.25, -0.2) is 4.79 Å².